The molecule has 0 saturated heterocycles. The molecule has 1 aromatic heterocycles. The number of amides is 2. The number of carbonyl (C=O) groups is 2. The lowest BCUT2D eigenvalue weighted by molar-refractivity contribution is -0.121. The minimum Gasteiger partial charge on any atom is -0.353 e. The van der Waals surface area contributed by atoms with Gasteiger partial charge in [-0.25, -0.2) is 10.8 Å². The summed E-state index contributed by atoms with van der Waals surface area (Å²) < 4.78 is 0. The Kier molecular flexibility index (Phi) is 4.75. The third kappa shape index (κ3) is 4.36. The van der Waals surface area contributed by atoms with E-state index in [0.717, 1.165) is 12.8 Å². The molecule has 1 heterocycles. The molecule has 0 aromatic carbocycles. The molecule has 0 aliphatic heterocycles. The summed E-state index contributed by atoms with van der Waals surface area (Å²) in [4.78, 5) is 27.2. The molecule has 2 amide bonds. The van der Waals surface area contributed by atoms with Crippen molar-refractivity contribution >= 4 is 29.2 Å². The van der Waals surface area contributed by atoms with Crippen molar-refractivity contribution in [2.75, 3.05) is 12.0 Å². The summed E-state index contributed by atoms with van der Waals surface area (Å²) in [6.45, 7) is 0.267. The fourth-order valence-corrected chi connectivity index (χ4v) is 1.83. The third-order valence-electron chi connectivity index (χ3n) is 2.78. The zero-order valence-corrected chi connectivity index (χ0v) is 11.5. The van der Waals surface area contributed by atoms with Gasteiger partial charge in [-0.1, -0.05) is 11.6 Å². The lowest BCUT2D eigenvalue weighted by atomic mass is 10.2. The molecule has 0 spiro atoms. The highest BCUT2D eigenvalue weighted by Gasteiger charge is 2.22. The number of hydrogen-bond donors (Lipinski definition) is 4. The van der Waals surface area contributed by atoms with E-state index >= 15 is 0 Å². The Balaban J connectivity index is 1.81. The number of nitrogens with two attached hydrogens (primary N) is 1. The second-order valence-electron chi connectivity index (χ2n) is 4.56. The number of rotatable bonds is 6. The Morgan fingerprint density at radius 3 is 2.80 bits per heavy atom. The molecule has 5 N–H and O–H groups in total. The van der Waals surface area contributed by atoms with Crippen molar-refractivity contribution in [1.82, 2.24) is 15.6 Å². The zero-order valence-electron chi connectivity index (χ0n) is 10.8. The molecule has 1 aliphatic carbocycles. The van der Waals surface area contributed by atoms with Crippen LogP contribution >= 0.6 is 11.6 Å². The van der Waals surface area contributed by atoms with Crippen LogP contribution in [0.25, 0.3) is 0 Å². The van der Waals surface area contributed by atoms with Gasteiger partial charge in [0.2, 0.25) is 5.91 Å². The molecule has 0 atom stereocenters. The minimum atomic E-state index is -0.329. The maximum Gasteiger partial charge on any atom is 0.251 e. The van der Waals surface area contributed by atoms with E-state index in [9.17, 15) is 9.59 Å². The number of hydrazine groups is 1. The van der Waals surface area contributed by atoms with E-state index in [1.165, 1.54) is 12.1 Å². The average molecular weight is 298 g/mol. The van der Waals surface area contributed by atoms with Crippen LogP contribution < -0.4 is 21.9 Å². The molecule has 2 rings (SSSR count). The van der Waals surface area contributed by atoms with Crippen LogP contribution in [0.15, 0.2) is 12.1 Å². The Hall–Kier alpha value is -1.86. The van der Waals surface area contributed by atoms with Crippen molar-refractivity contribution < 1.29 is 9.59 Å². The summed E-state index contributed by atoms with van der Waals surface area (Å²) in [5, 5.41) is 5.66. The summed E-state index contributed by atoms with van der Waals surface area (Å²) in [5.41, 5.74) is 2.66. The molecule has 1 aromatic rings. The van der Waals surface area contributed by atoms with Gasteiger partial charge in [-0.05, 0) is 25.0 Å². The molecular formula is C12H16ClN5O2. The van der Waals surface area contributed by atoms with Crippen LogP contribution in [-0.2, 0) is 4.79 Å². The van der Waals surface area contributed by atoms with E-state index in [1.54, 1.807) is 0 Å². The second kappa shape index (κ2) is 6.53. The number of aromatic nitrogens is 1. The third-order valence-corrected chi connectivity index (χ3v) is 2.98. The largest absolute Gasteiger partial charge is 0.353 e. The number of anilines is 1. The Morgan fingerprint density at radius 2 is 2.15 bits per heavy atom. The van der Waals surface area contributed by atoms with Crippen LogP contribution in [0.4, 0.5) is 5.82 Å². The highest BCUT2D eigenvalue weighted by atomic mass is 35.5. The Bertz CT molecular complexity index is 519. The molecule has 1 saturated carbocycles. The number of nitrogens with zero attached hydrogens (tertiary/aromatic N) is 1. The first kappa shape index (κ1) is 14.5. The van der Waals surface area contributed by atoms with E-state index in [2.05, 4.69) is 21.0 Å². The van der Waals surface area contributed by atoms with Crippen molar-refractivity contribution in [2.24, 2.45) is 5.84 Å². The molecule has 0 unspecified atom stereocenters. The molecule has 108 valence electrons. The predicted molar refractivity (Wildman–Crippen MR) is 75.2 cm³/mol. The SMILES string of the molecule is NNc1cc(C(=O)NCCC(=O)NC2CC2)cc(Cl)n1. The fraction of sp³-hybridized carbons (Fsp3) is 0.417. The van der Waals surface area contributed by atoms with Crippen LogP contribution in [0.3, 0.4) is 0 Å². The van der Waals surface area contributed by atoms with Gasteiger partial charge in [0.25, 0.3) is 5.91 Å². The first-order chi connectivity index (χ1) is 9.58. The number of nitrogens with one attached hydrogen (secondary N) is 3. The first-order valence-corrected chi connectivity index (χ1v) is 6.68. The topological polar surface area (TPSA) is 109 Å². The monoisotopic (exact) mass is 297 g/mol. The normalized spacial score (nSPS) is 13.7. The van der Waals surface area contributed by atoms with Gasteiger partial charge in [0, 0.05) is 24.6 Å². The van der Waals surface area contributed by atoms with E-state index in [4.69, 9.17) is 17.4 Å². The predicted octanol–water partition coefficient (Wildman–Crippen LogP) is 0.419. The summed E-state index contributed by atoms with van der Waals surface area (Å²) in [5.74, 6) is 5.14. The van der Waals surface area contributed by atoms with Gasteiger partial charge < -0.3 is 16.1 Å². The zero-order chi connectivity index (χ0) is 14.5. The number of carbonyl (C=O) groups excluding carboxylic acids is 2. The van der Waals surface area contributed by atoms with Gasteiger partial charge in [-0.15, -0.1) is 0 Å². The average Bonchev–Trinajstić information content (AvgIpc) is 3.21. The molecule has 1 aliphatic rings. The summed E-state index contributed by atoms with van der Waals surface area (Å²) >= 11 is 5.77. The lowest BCUT2D eigenvalue weighted by Gasteiger charge is -2.07. The molecule has 20 heavy (non-hydrogen) atoms. The quantitative estimate of drug-likeness (QED) is 0.346. The van der Waals surface area contributed by atoms with Gasteiger partial charge in [0.05, 0.1) is 0 Å². The number of pyridine rings is 1. The smallest absolute Gasteiger partial charge is 0.251 e. The maximum absolute atomic E-state index is 11.9. The Morgan fingerprint density at radius 1 is 1.40 bits per heavy atom. The Labute approximate surface area is 121 Å². The summed E-state index contributed by atoms with van der Waals surface area (Å²) in [6.07, 6.45) is 2.34. The van der Waals surface area contributed by atoms with Crippen molar-refractivity contribution in [2.45, 2.75) is 25.3 Å². The van der Waals surface area contributed by atoms with Gasteiger partial charge in [-0.3, -0.25) is 9.59 Å². The standard InChI is InChI=1S/C12H16ClN5O2/c13-9-5-7(6-10(17-9)18-14)12(20)15-4-3-11(19)16-8-1-2-8/h5-6,8H,1-4,14H2,(H,15,20)(H,16,19)(H,17,18). The van der Waals surface area contributed by atoms with E-state index in [0.29, 0.717) is 17.4 Å². The molecule has 8 heteroatoms. The van der Waals surface area contributed by atoms with E-state index in [-0.39, 0.29) is 29.9 Å². The fourth-order valence-electron chi connectivity index (χ4n) is 1.62. The van der Waals surface area contributed by atoms with Crippen molar-refractivity contribution in [3.8, 4) is 0 Å². The van der Waals surface area contributed by atoms with E-state index in [1.807, 2.05) is 0 Å². The van der Waals surface area contributed by atoms with Gasteiger partial charge in [0.1, 0.15) is 11.0 Å². The number of hydrogen-bond acceptors (Lipinski definition) is 5. The molecule has 1 fully saturated rings. The van der Waals surface area contributed by atoms with Crippen LogP contribution in [0, 0.1) is 0 Å². The first-order valence-electron chi connectivity index (χ1n) is 6.30. The minimum absolute atomic E-state index is 0.0510. The number of nitrogen functional groups attached to an aromatic ring is 1. The van der Waals surface area contributed by atoms with E-state index < -0.39 is 0 Å². The maximum atomic E-state index is 11.9. The second-order valence-corrected chi connectivity index (χ2v) is 4.94. The van der Waals surface area contributed by atoms with Crippen molar-refractivity contribution in [1.29, 1.82) is 0 Å². The van der Waals surface area contributed by atoms with Crippen molar-refractivity contribution in [3.05, 3.63) is 22.8 Å². The van der Waals surface area contributed by atoms with Gasteiger partial charge >= 0.3 is 0 Å². The number of halogens is 1. The summed E-state index contributed by atoms with van der Waals surface area (Å²) in [6, 6.07) is 3.24. The van der Waals surface area contributed by atoms with Crippen LogP contribution in [0.1, 0.15) is 29.6 Å². The van der Waals surface area contributed by atoms with Crippen LogP contribution in [0.2, 0.25) is 5.15 Å². The molecular weight excluding hydrogens is 282 g/mol. The highest BCUT2D eigenvalue weighted by molar-refractivity contribution is 6.29. The van der Waals surface area contributed by atoms with Gasteiger partial charge in [0.15, 0.2) is 0 Å². The molecule has 0 bridgehead atoms. The molecule has 7 nitrogen and oxygen atoms in total. The van der Waals surface area contributed by atoms with Crippen LogP contribution in [-0.4, -0.2) is 29.4 Å². The lowest BCUT2D eigenvalue weighted by Crippen LogP contribution is -2.31. The highest BCUT2D eigenvalue weighted by Crippen LogP contribution is 2.18. The van der Waals surface area contributed by atoms with Crippen molar-refractivity contribution in [3.63, 3.8) is 0 Å². The van der Waals surface area contributed by atoms with Gasteiger partial charge in [-0.2, -0.15) is 0 Å². The van der Waals surface area contributed by atoms with Crippen LogP contribution in [0.5, 0.6) is 0 Å². The summed E-state index contributed by atoms with van der Waals surface area (Å²) in [7, 11) is 0. The molecule has 0 radical (unpaired) electrons.